The van der Waals surface area contributed by atoms with E-state index in [1.165, 1.54) is 32.4 Å². The zero-order chi connectivity index (χ0) is 19.6. The first-order chi connectivity index (χ1) is 12.9. The molecule has 0 atom stereocenters. The molecule has 140 valence electrons. The Kier molecular flexibility index (Phi) is 5.72. The van der Waals surface area contributed by atoms with Crippen molar-refractivity contribution in [3.8, 4) is 11.5 Å². The highest BCUT2D eigenvalue weighted by molar-refractivity contribution is 8.18. The quantitative estimate of drug-likeness (QED) is 0.670. The molecule has 1 aliphatic heterocycles. The number of thioether (sulfide) groups is 1. The smallest absolute Gasteiger partial charge is 0.293 e. The lowest BCUT2D eigenvalue weighted by Crippen LogP contribution is -2.28. The van der Waals surface area contributed by atoms with Gasteiger partial charge in [0.15, 0.2) is 0 Å². The standard InChI is InChI=1S/C19H15ClFNO4S/c1-25-12-6-7-16(26-2)11(8-12)9-17-18(23)22(19(24)27-17)10-13-14(20)4-3-5-15(13)21/h3-9H,10H2,1-2H3/b17-9+. The lowest BCUT2D eigenvalue weighted by Gasteiger charge is -2.14. The van der Waals surface area contributed by atoms with Gasteiger partial charge in [0, 0.05) is 16.1 Å². The van der Waals surface area contributed by atoms with Crippen LogP contribution in [0, 0.1) is 5.82 Å². The Hall–Kier alpha value is -2.51. The molecule has 0 N–H and O–H groups in total. The minimum absolute atomic E-state index is 0.0988. The van der Waals surface area contributed by atoms with E-state index in [1.54, 1.807) is 24.3 Å². The second-order valence-electron chi connectivity index (χ2n) is 5.58. The minimum atomic E-state index is -0.569. The first-order valence-corrected chi connectivity index (χ1v) is 9.04. The molecule has 3 rings (SSSR count). The molecule has 0 saturated carbocycles. The molecule has 1 saturated heterocycles. The number of nitrogens with zero attached hydrogens (tertiary/aromatic N) is 1. The number of hydrogen-bond donors (Lipinski definition) is 0. The van der Waals surface area contributed by atoms with Crippen LogP contribution < -0.4 is 9.47 Å². The second-order valence-corrected chi connectivity index (χ2v) is 6.98. The summed E-state index contributed by atoms with van der Waals surface area (Å²) in [7, 11) is 3.03. The third-order valence-corrected chi connectivity index (χ3v) is 5.24. The van der Waals surface area contributed by atoms with Crippen molar-refractivity contribution in [2.45, 2.75) is 6.54 Å². The van der Waals surface area contributed by atoms with Crippen molar-refractivity contribution in [3.05, 3.63) is 63.3 Å². The molecule has 0 radical (unpaired) electrons. The van der Waals surface area contributed by atoms with E-state index in [1.807, 2.05) is 0 Å². The fourth-order valence-electron chi connectivity index (χ4n) is 2.57. The van der Waals surface area contributed by atoms with Gasteiger partial charge in [-0.1, -0.05) is 17.7 Å². The van der Waals surface area contributed by atoms with Gasteiger partial charge in [-0.05, 0) is 48.2 Å². The van der Waals surface area contributed by atoms with E-state index in [9.17, 15) is 14.0 Å². The highest BCUT2D eigenvalue weighted by Crippen LogP contribution is 2.36. The number of carbonyl (C=O) groups is 2. The van der Waals surface area contributed by atoms with E-state index in [-0.39, 0.29) is 22.0 Å². The first kappa shape index (κ1) is 19.3. The molecule has 1 aliphatic rings. The van der Waals surface area contributed by atoms with E-state index in [0.717, 1.165) is 16.7 Å². The van der Waals surface area contributed by atoms with Crippen LogP contribution in [0.3, 0.4) is 0 Å². The lowest BCUT2D eigenvalue weighted by atomic mass is 10.1. The average Bonchev–Trinajstić information content (AvgIpc) is 2.91. The molecule has 1 fully saturated rings. The van der Waals surface area contributed by atoms with E-state index < -0.39 is 17.0 Å². The van der Waals surface area contributed by atoms with Gasteiger partial charge in [0.2, 0.25) is 0 Å². The lowest BCUT2D eigenvalue weighted by molar-refractivity contribution is -0.123. The number of imide groups is 1. The predicted octanol–water partition coefficient (Wildman–Crippen LogP) is 4.73. The average molecular weight is 408 g/mol. The maximum Gasteiger partial charge on any atom is 0.293 e. The van der Waals surface area contributed by atoms with Gasteiger partial charge in [0.1, 0.15) is 17.3 Å². The Morgan fingerprint density at radius 2 is 1.96 bits per heavy atom. The summed E-state index contributed by atoms with van der Waals surface area (Å²) in [6.07, 6.45) is 1.55. The number of halogens is 2. The van der Waals surface area contributed by atoms with Gasteiger partial charge in [0.05, 0.1) is 25.7 Å². The Labute approximate surface area is 164 Å². The Bertz CT molecular complexity index is 927. The SMILES string of the molecule is COc1ccc(OC)c(/C=C2/SC(=O)N(Cc3c(F)cccc3Cl)C2=O)c1. The van der Waals surface area contributed by atoms with Crippen LogP contribution in [0.15, 0.2) is 41.3 Å². The molecule has 1 heterocycles. The Morgan fingerprint density at radius 1 is 1.19 bits per heavy atom. The third kappa shape index (κ3) is 3.94. The summed E-state index contributed by atoms with van der Waals surface area (Å²) in [5.74, 6) is 0.0216. The van der Waals surface area contributed by atoms with Crippen LogP contribution in [0.1, 0.15) is 11.1 Å². The molecule has 2 amide bonds. The van der Waals surface area contributed by atoms with Gasteiger partial charge in [0.25, 0.3) is 11.1 Å². The molecular weight excluding hydrogens is 393 g/mol. The van der Waals surface area contributed by atoms with Gasteiger partial charge < -0.3 is 9.47 Å². The van der Waals surface area contributed by atoms with Crippen LogP contribution >= 0.6 is 23.4 Å². The Balaban J connectivity index is 1.91. The van der Waals surface area contributed by atoms with Crippen LogP contribution in [-0.2, 0) is 11.3 Å². The third-order valence-electron chi connectivity index (χ3n) is 3.97. The number of carbonyl (C=O) groups excluding carboxylic acids is 2. The summed E-state index contributed by atoms with van der Waals surface area (Å²) in [6.45, 7) is -0.233. The largest absolute Gasteiger partial charge is 0.497 e. The van der Waals surface area contributed by atoms with E-state index in [4.69, 9.17) is 21.1 Å². The van der Waals surface area contributed by atoms with Crippen molar-refractivity contribution in [3.63, 3.8) is 0 Å². The van der Waals surface area contributed by atoms with Crippen molar-refractivity contribution >= 4 is 40.6 Å². The maximum absolute atomic E-state index is 14.0. The highest BCUT2D eigenvalue weighted by Gasteiger charge is 2.36. The van der Waals surface area contributed by atoms with E-state index >= 15 is 0 Å². The van der Waals surface area contributed by atoms with Crippen LogP contribution in [0.2, 0.25) is 5.02 Å². The molecule has 0 spiro atoms. The summed E-state index contributed by atoms with van der Waals surface area (Å²) >= 11 is 6.78. The summed E-state index contributed by atoms with van der Waals surface area (Å²) in [4.78, 5) is 26.1. The molecule has 5 nitrogen and oxygen atoms in total. The van der Waals surface area contributed by atoms with Crippen LogP contribution in [0.25, 0.3) is 6.08 Å². The number of benzene rings is 2. The van der Waals surface area contributed by atoms with Crippen molar-refractivity contribution < 1.29 is 23.5 Å². The van der Waals surface area contributed by atoms with Crippen molar-refractivity contribution in [2.75, 3.05) is 14.2 Å². The van der Waals surface area contributed by atoms with Crippen molar-refractivity contribution in [2.24, 2.45) is 0 Å². The zero-order valence-electron chi connectivity index (χ0n) is 14.5. The van der Waals surface area contributed by atoms with E-state index in [2.05, 4.69) is 0 Å². The first-order valence-electron chi connectivity index (χ1n) is 7.85. The summed E-state index contributed by atoms with van der Waals surface area (Å²) in [6, 6.07) is 9.33. The summed E-state index contributed by atoms with van der Waals surface area (Å²) in [5, 5.41) is -0.333. The fraction of sp³-hybridized carbons (Fsp3) is 0.158. The summed E-state index contributed by atoms with van der Waals surface area (Å²) in [5.41, 5.74) is 0.688. The van der Waals surface area contributed by atoms with Crippen molar-refractivity contribution in [1.29, 1.82) is 0 Å². The van der Waals surface area contributed by atoms with Crippen LogP contribution in [-0.4, -0.2) is 30.3 Å². The molecule has 2 aromatic carbocycles. The number of amides is 2. The molecule has 0 aromatic heterocycles. The fourth-order valence-corrected chi connectivity index (χ4v) is 3.62. The Morgan fingerprint density at radius 3 is 2.63 bits per heavy atom. The molecule has 27 heavy (non-hydrogen) atoms. The molecule has 8 heteroatoms. The number of hydrogen-bond acceptors (Lipinski definition) is 5. The van der Waals surface area contributed by atoms with Crippen molar-refractivity contribution in [1.82, 2.24) is 4.90 Å². The minimum Gasteiger partial charge on any atom is -0.497 e. The molecular formula is C19H15ClFNO4S. The van der Waals surface area contributed by atoms with Crippen LogP contribution in [0.4, 0.5) is 9.18 Å². The highest BCUT2D eigenvalue weighted by atomic mass is 35.5. The summed E-state index contributed by atoms with van der Waals surface area (Å²) < 4.78 is 24.5. The molecule has 2 aromatic rings. The number of rotatable bonds is 5. The normalized spacial score (nSPS) is 15.6. The van der Waals surface area contributed by atoms with E-state index in [0.29, 0.717) is 17.1 Å². The number of ether oxygens (including phenoxy) is 2. The maximum atomic E-state index is 14.0. The van der Waals surface area contributed by atoms with Crippen LogP contribution in [0.5, 0.6) is 11.5 Å². The van der Waals surface area contributed by atoms with Gasteiger partial charge in [-0.25, -0.2) is 4.39 Å². The predicted molar refractivity (Wildman–Crippen MR) is 102 cm³/mol. The molecule has 0 aliphatic carbocycles. The van der Waals surface area contributed by atoms with Gasteiger partial charge in [-0.3, -0.25) is 14.5 Å². The number of methoxy groups -OCH3 is 2. The molecule has 0 bridgehead atoms. The monoisotopic (exact) mass is 407 g/mol. The molecule has 0 unspecified atom stereocenters. The van der Waals surface area contributed by atoms with Gasteiger partial charge >= 0.3 is 0 Å². The zero-order valence-corrected chi connectivity index (χ0v) is 16.1. The topological polar surface area (TPSA) is 55.8 Å². The second kappa shape index (κ2) is 8.02. The van der Waals surface area contributed by atoms with Gasteiger partial charge in [-0.15, -0.1) is 0 Å². The van der Waals surface area contributed by atoms with Gasteiger partial charge in [-0.2, -0.15) is 0 Å².